The third-order valence-electron chi connectivity index (χ3n) is 7.15. The van der Waals surface area contributed by atoms with Crippen molar-refractivity contribution < 1.29 is 0 Å². The SMILES string of the molecule is Cn1cncc1[C@@](N)(c1ccc(Cl)cc1)c1ccc2c(n1)c(-c1cccc(Cl)c1)cc(=O)n2CC1CC1. The van der Waals surface area contributed by atoms with E-state index in [4.69, 9.17) is 33.9 Å². The number of benzene rings is 2. The molecule has 0 unspecified atom stereocenters. The van der Waals surface area contributed by atoms with Gasteiger partial charge in [0.15, 0.2) is 0 Å². The molecule has 0 aliphatic heterocycles. The number of fused-ring (bicyclic) bond motifs is 1. The molecule has 6 rings (SSSR count). The smallest absolute Gasteiger partial charge is 0.251 e. The highest BCUT2D eigenvalue weighted by atomic mass is 35.5. The van der Waals surface area contributed by atoms with Crippen LogP contribution in [0, 0.1) is 5.92 Å². The normalized spacial score (nSPS) is 15.1. The molecule has 2 N–H and O–H groups in total. The summed E-state index contributed by atoms with van der Waals surface area (Å²) < 4.78 is 3.73. The van der Waals surface area contributed by atoms with Gasteiger partial charge in [0, 0.05) is 35.3 Å². The number of aromatic nitrogens is 4. The molecular weight excluding hydrogens is 505 g/mol. The molecule has 3 heterocycles. The Balaban J connectivity index is 1.65. The van der Waals surface area contributed by atoms with E-state index in [0.717, 1.165) is 40.7 Å². The van der Waals surface area contributed by atoms with Crippen LogP contribution in [-0.2, 0) is 19.1 Å². The van der Waals surface area contributed by atoms with Gasteiger partial charge < -0.3 is 14.9 Å². The molecular formula is C29H25Cl2N5O. The summed E-state index contributed by atoms with van der Waals surface area (Å²) in [6.07, 6.45) is 5.75. The van der Waals surface area contributed by atoms with Crippen LogP contribution in [0.4, 0.5) is 0 Å². The van der Waals surface area contributed by atoms with Crippen molar-refractivity contribution in [1.29, 1.82) is 0 Å². The van der Waals surface area contributed by atoms with E-state index in [1.54, 1.807) is 18.6 Å². The van der Waals surface area contributed by atoms with Gasteiger partial charge in [0.2, 0.25) is 0 Å². The van der Waals surface area contributed by atoms with Gasteiger partial charge in [0.25, 0.3) is 5.56 Å². The summed E-state index contributed by atoms with van der Waals surface area (Å²) in [6, 6.07) is 20.5. The van der Waals surface area contributed by atoms with Crippen molar-refractivity contribution in [2.75, 3.05) is 0 Å². The maximum Gasteiger partial charge on any atom is 0.251 e. The van der Waals surface area contributed by atoms with Gasteiger partial charge in [-0.15, -0.1) is 0 Å². The molecule has 1 aliphatic rings. The lowest BCUT2D eigenvalue weighted by molar-refractivity contribution is 0.579. The zero-order valence-corrected chi connectivity index (χ0v) is 21.7. The molecule has 8 heteroatoms. The lowest BCUT2D eigenvalue weighted by Gasteiger charge is -2.30. The largest absolute Gasteiger partial charge is 0.335 e. The molecule has 1 aliphatic carbocycles. The molecule has 0 bridgehead atoms. The van der Waals surface area contributed by atoms with Crippen LogP contribution < -0.4 is 11.3 Å². The second kappa shape index (κ2) is 9.14. The number of rotatable bonds is 6. The maximum absolute atomic E-state index is 13.3. The van der Waals surface area contributed by atoms with Gasteiger partial charge >= 0.3 is 0 Å². The van der Waals surface area contributed by atoms with Gasteiger partial charge in [-0.1, -0.05) is 47.5 Å². The van der Waals surface area contributed by atoms with E-state index in [-0.39, 0.29) is 5.56 Å². The summed E-state index contributed by atoms with van der Waals surface area (Å²) >= 11 is 12.5. The molecule has 3 aromatic heterocycles. The summed E-state index contributed by atoms with van der Waals surface area (Å²) in [4.78, 5) is 22.8. The fourth-order valence-corrected chi connectivity index (χ4v) is 5.29. The highest BCUT2D eigenvalue weighted by Crippen LogP contribution is 2.37. The molecule has 1 saturated carbocycles. The highest BCUT2D eigenvalue weighted by Gasteiger charge is 2.37. The van der Waals surface area contributed by atoms with Gasteiger partial charge in [0.05, 0.1) is 34.9 Å². The molecule has 1 atom stereocenters. The Morgan fingerprint density at radius 2 is 1.81 bits per heavy atom. The van der Waals surface area contributed by atoms with E-state index in [1.807, 2.05) is 76.8 Å². The van der Waals surface area contributed by atoms with Crippen molar-refractivity contribution in [2.24, 2.45) is 18.7 Å². The van der Waals surface area contributed by atoms with Crippen molar-refractivity contribution in [3.8, 4) is 11.1 Å². The predicted octanol–water partition coefficient (Wildman–Crippen LogP) is 5.76. The number of imidazole rings is 1. The first-order chi connectivity index (χ1) is 17.8. The van der Waals surface area contributed by atoms with E-state index >= 15 is 0 Å². The number of hydrogen-bond donors (Lipinski definition) is 1. The number of halogens is 2. The molecule has 2 aromatic carbocycles. The fraction of sp³-hybridized carbons (Fsp3) is 0.207. The first kappa shape index (κ1) is 23.9. The van der Waals surface area contributed by atoms with Crippen molar-refractivity contribution in [2.45, 2.75) is 24.9 Å². The fourth-order valence-electron chi connectivity index (χ4n) is 4.98. The van der Waals surface area contributed by atoms with Gasteiger partial charge in [-0.2, -0.15) is 0 Å². The Morgan fingerprint density at radius 3 is 2.49 bits per heavy atom. The van der Waals surface area contributed by atoms with Gasteiger partial charge in [-0.3, -0.25) is 4.79 Å². The molecule has 0 amide bonds. The number of aryl methyl sites for hydroxylation is 1. The molecule has 0 saturated heterocycles. The van der Waals surface area contributed by atoms with E-state index in [2.05, 4.69) is 4.98 Å². The second-order valence-corrected chi connectivity index (χ2v) is 10.6. The number of hydrogen-bond acceptors (Lipinski definition) is 4. The third-order valence-corrected chi connectivity index (χ3v) is 7.64. The molecule has 186 valence electrons. The van der Waals surface area contributed by atoms with Crippen LogP contribution in [0.2, 0.25) is 10.0 Å². The topological polar surface area (TPSA) is 78.7 Å². The number of nitrogens with zero attached hydrogens (tertiary/aromatic N) is 4. The van der Waals surface area contributed by atoms with Crippen LogP contribution in [-0.4, -0.2) is 19.1 Å². The first-order valence-electron chi connectivity index (χ1n) is 12.2. The van der Waals surface area contributed by atoms with Crippen LogP contribution in [0.25, 0.3) is 22.2 Å². The average Bonchev–Trinajstić information content (AvgIpc) is 3.62. The monoisotopic (exact) mass is 529 g/mol. The van der Waals surface area contributed by atoms with Gasteiger partial charge in [-0.25, -0.2) is 9.97 Å². The standard InChI is InChI=1S/C29H25Cl2N5O/c1-35-17-33-15-26(35)29(32,20-7-9-21(30)10-8-20)25-12-11-24-28(34-25)23(19-3-2-4-22(31)13-19)14-27(37)36(24)16-18-5-6-18/h2-4,7-15,17-18H,5-6,16,32H2,1H3/t29-/m1/s1. The lowest BCUT2D eigenvalue weighted by atomic mass is 9.84. The Labute approximate surface area is 224 Å². The second-order valence-electron chi connectivity index (χ2n) is 9.73. The van der Waals surface area contributed by atoms with Crippen LogP contribution in [0.3, 0.4) is 0 Å². The van der Waals surface area contributed by atoms with Crippen LogP contribution >= 0.6 is 23.2 Å². The molecule has 37 heavy (non-hydrogen) atoms. The highest BCUT2D eigenvalue weighted by molar-refractivity contribution is 6.31. The number of pyridine rings is 2. The minimum absolute atomic E-state index is 0.0488. The third kappa shape index (κ3) is 4.25. The molecule has 1 fully saturated rings. The van der Waals surface area contributed by atoms with Crippen molar-refractivity contribution in [1.82, 2.24) is 19.1 Å². The summed E-state index contributed by atoms with van der Waals surface area (Å²) in [6.45, 7) is 0.679. The Kier molecular flexibility index (Phi) is 5.91. The zero-order chi connectivity index (χ0) is 25.7. The van der Waals surface area contributed by atoms with E-state index in [9.17, 15) is 4.79 Å². The van der Waals surface area contributed by atoms with Crippen molar-refractivity contribution in [3.05, 3.63) is 117 Å². The Morgan fingerprint density at radius 1 is 1.03 bits per heavy atom. The van der Waals surface area contributed by atoms with Crippen LogP contribution in [0.1, 0.15) is 29.8 Å². The average molecular weight is 530 g/mol. The van der Waals surface area contributed by atoms with Gasteiger partial charge in [-0.05, 0) is 66.3 Å². The summed E-state index contributed by atoms with van der Waals surface area (Å²) in [5.41, 5.74) is 11.4. The minimum Gasteiger partial charge on any atom is -0.335 e. The molecule has 5 aromatic rings. The Hall–Kier alpha value is -3.45. The Bertz CT molecular complexity index is 1690. The van der Waals surface area contributed by atoms with Crippen molar-refractivity contribution >= 4 is 34.2 Å². The quantitative estimate of drug-likeness (QED) is 0.303. The van der Waals surface area contributed by atoms with Crippen molar-refractivity contribution in [3.63, 3.8) is 0 Å². The maximum atomic E-state index is 13.3. The lowest BCUT2D eigenvalue weighted by Crippen LogP contribution is -2.41. The number of nitrogens with two attached hydrogens (primary N) is 1. The molecule has 6 nitrogen and oxygen atoms in total. The van der Waals surface area contributed by atoms with Crippen LogP contribution in [0.15, 0.2) is 84.0 Å². The summed E-state index contributed by atoms with van der Waals surface area (Å²) in [7, 11) is 1.91. The van der Waals surface area contributed by atoms with E-state index < -0.39 is 5.54 Å². The summed E-state index contributed by atoms with van der Waals surface area (Å²) in [5.74, 6) is 0.523. The minimum atomic E-state index is -1.12. The molecule has 0 spiro atoms. The van der Waals surface area contributed by atoms with Crippen LogP contribution in [0.5, 0.6) is 0 Å². The predicted molar refractivity (Wildman–Crippen MR) is 148 cm³/mol. The summed E-state index contributed by atoms with van der Waals surface area (Å²) in [5, 5.41) is 1.21. The van der Waals surface area contributed by atoms with E-state index in [0.29, 0.717) is 33.7 Å². The zero-order valence-electron chi connectivity index (χ0n) is 20.2. The first-order valence-corrected chi connectivity index (χ1v) is 12.9. The van der Waals surface area contributed by atoms with Gasteiger partial charge in [0.1, 0.15) is 5.54 Å². The molecule has 0 radical (unpaired) electrons. The van der Waals surface area contributed by atoms with E-state index in [1.165, 1.54) is 0 Å².